The van der Waals surface area contributed by atoms with E-state index in [9.17, 15) is 14.0 Å². The van der Waals surface area contributed by atoms with Crippen LogP contribution in [-0.2, 0) is 19.7 Å². The second kappa shape index (κ2) is 6.92. The highest BCUT2D eigenvalue weighted by molar-refractivity contribution is 6.32. The van der Waals surface area contributed by atoms with Gasteiger partial charge in [0.25, 0.3) is 0 Å². The topological polar surface area (TPSA) is 58.2 Å². The number of nitrogens with zero attached hydrogens (tertiary/aromatic N) is 3. The molecule has 0 radical (unpaired) electrons. The van der Waals surface area contributed by atoms with Crippen LogP contribution in [0.15, 0.2) is 64.2 Å². The average molecular weight is 388 g/mol. The van der Waals surface area contributed by atoms with Crippen molar-refractivity contribution in [2.45, 2.75) is 19.7 Å². The van der Waals surface area contributed by atoms with E-state index in [1.54, 1.807) is 12.2 Å². The molecule has 1 aromatic heterocycles. The quantitative estimate of drug-likeness (QED) is 0.647. The molecular weight excluding hydrogens is 373 g/mol. The van der Waals surface area contributed by atoms with Crippen LogP contribution >= 0.6 is 11.6 Å². The lowest BCUT2D eigenvalue weighted by molar-refractivity contribution is 0.306. The molecule has 0 bridgehead atoms. The minimum absolute atomic E-state index is 0.0611. The molecule has 1 aliphatic rings. The molecule has 0 saturated heterocycles. The van der Waals surface area contributed by atoms with Gasteiger partial charge in [-0.25, -0.2) is 27.9 Å². The summed E-state index contributed by atoms with van der Waals surface area (Å²) in [6.07, 6.45) is 3.55. The summed E-state index contributed by atoms with van der Waals surface area (Å²) in [6.45, 7) is 0.733. The number of fused-ring (bicyclic) bond motifs is 1. The summed E-state index contributed by atoms with van der Waals surface area (Å²) < 4.78 is 23.5. The van der Waals surface area contributed by atoms with Gasteiger partial charge in [-0.05, 0) is 11.6 Å². The maximum absolute atomic E-state index is 14.5. The van der Waals surface area contributed by atoms with Gasteiger partial charge < -0.3 is 4.74 Å². The lowest BCUT2D eigenvalue weighted by Gasteiger charge is -2.11. The molecule has 0 atom stereocenters. The monoisotopic (exact) mass is 387 g/mol. The molecule has 0 aliphatic carbocycles. The van der Waals surface area contributed by atoms with Crippen molar-refractivity contribution in [2.24, 2.45) is 0 Å². The molecular formula is C19H15ClFN3O3. The lowest BCUT2D eigenvalue weighted by Crippen LogP contribution is -2.28. The van der Waals surface area contributed by atoms with Gasteiger partial charge in [0, 0.05) is 6.07 Å². The van der Waals surface area contributed by atoms with E-state index in [2.05, 4.69) is 0 Å². The number of rotatable bonds is 4. The molecule has 0 spiro atoms. The summed E-state index contributed by atoms with van der Waals surface area (Å²) in [5.41, 5.74) is -0.506. The van der Waals surface area contributed by atoms with Gasteiger partial charge >= 0.3 is 11.4 Å². The van der Waals surface area contributed by atoms with Crippen LogP contribution in [0.4, 0.5) is 4.39 Å². The van der Waals surface area contributed by atoms with Crippen molar-refractivity contribution >= 4 is 11.6 Å². The van der Waals surface area contributed by atoms with Crippen LogP contribution in [0.2, 0.25) is 5.02 Å². The van der Waals surface area contributed by atoms with E-state index in [-0.39, 0.29) is 36.2 Å². The number of ether oxygens (including phenoxy) is 1. The highest BCUT2D eigenvalue weighted by atomic mass is 35.5. The van der Waals surface area contributed by atoms with Crippen LogP contribution in [0, 0.1) is 5.82 Å². The lowest BCUT2D eigenvalue weighted by atomic mass is 10.2. The minimum Gasteiger partial charge on any atom is -0.487 e. The second-order valence-corrected chi connectivity index (χ2v) is 6.45. The number of hydrogen-bond acceptors (Lipinski definition) is 3. The SMILES string of the molecule is O=c1n(-c2cc(OCc3ccccc3)c(Cl)cc2F)c(=O)n2n1CC=CC2. The number of hydrogen-bond donors (Lipinski definition) is 0. The first-order chi connectivity index (χ1) is 13.1. The number of benzene rings is 2. The zero-order valence-electron chi connectivity index (χ0n) is 14.1. The summed E-state index contributed by atoms with van der Waals surface area (Å²) >= 11 is 6.08. The van der Waals surface area contributed by atoms with E-state index >= 15 is 0 Å². The first kappa shape index (κ1) is 17.4. The third-order valence-corrected chi connectivity index (χ3v) is 4.61. The normalized spacial score (nSPS) is 12.8. The van der Waals surface area contributed by atoms with Crippen molar-refractivity contribution in [1.82, 2.24) is 13.9 Å². The highest BCUT2D eigenvalue weighted by Gasteiger charge is 2.21. The summed E-state index contributed by atoms with van der Waals surface area (Å²) in [4.78, 5) is 25.2. The fourth-order valence-electron chi connectivity index (χ4n) is 2.96. The van der Waals surface area contributed by atoms with E-state index in [0.717, 1.165) is 16.2 Å². The Balaban J connectivity index is 1.75. The van der Waals surface area contributed by atoms with Crippen LogP contribution in [0.3, 0.4) is 0 Å². The first-order valence-electron chi connectivity index (χ1n) is 8.30. The van der Waals surface area contributed by atoms with E-state index in [1.165, 1.54) is 15.4 Å². The van der Waals surface area contributed by atoms with Crippen LogP contribution in [0.1, 0.15) is 5.56 Å². The third-order valence-electron chi connectivity index (χ3n) is 4.32. The van der Waals surface area contributed by atoms with E-state index in [0.29, 0.717) is 0 Å². The van der Waals surface area contributed by atoms with Gasteiger partial charge in [0.1, 0.15) is 18.2 Å². The maximum Gasteiger partial charge on any atom is 0.352 e. The molecule has 0 unspecified atom stereocenters. The smallest absolute Gasteiger partial charge is 0.352 e. The van der Waals surface area contributed by atoms with Crippen LogP contribution in [-0.4, -0.2) is 13.9 Å². The Bertz CT molecular complexity index is 1110. The van der Waals surface area contributed by atoms with Gasteiger partial charge in [-0.3, -0.25) is 0 Å². The minimum atomic E-state index is -0.775. The number of allylic oxidation sites excluding steroid dienone is 2. The maximum atomic E-state index is 14.5. The van der Waals surface area contributed by atoms with E-state index < -0.39 is 17.2 Å². The summed E-state index contributed by atoms with van der Waals surface area (Å²) in [6, 6.07) is 11.7. The molecule has 1 aliphatic heterocycles. The molecule has 0 fully saturated rings. The van der Waals surface area contributed by atoms with Crippen molar-refractivity contribution in [2.75, 3.05) is 0 Å². The average Bonchev–Trinajstić information content (AvgIpc) is 2.93. The Morgan fingerprint density at radius 3 is 2.26 bits per heavy atom. The Kier molecular flexibility index (Phi) is 4.45. The van der Waals surface area contributed by atoms with Crippen LogP contribution in [0.25, 0.3) is 5.69 Å². The van der Waals surface area contributed by atoms with Crippen LogP contribution in [0.5, 0.6) is 5.75 Å². The Labute approximate surface area is 158 Å². The summed E-state index contributed by atoms with van der Waals surface area (Å²) in [5, 5.41) is 0.0611. The second-order valence-electron chi connectivity index (χ2n) is 6.04. The van der Waals surface area contributed by atoms with Gasteiger partial charge in [0.15, 0.2) is 0 Å². The fraction of sp³-hybridized carbons (Fsp3) is 0.158. The largest absolute Gasteiger partial charge is 0.487 e. The van der Waals surface area contributed by atoms with Gasteiger partial charge in [-0.2, -0.15) is 0 Å². The van der Waals surface area contributed by atoms with Crippen molar-refractivity contribution in [3.8, 4) is 11.4 Å². The zero-order valence-corrected chi connectivity index (χ0v) is 14.9. The number of aromatic nitrogens is 3. The van der Waals surface area contributed by atoms with Gasteiger partial charge in [0.2, 0.25) is 0 Å². The molecule has 0 N–H and O–H groups in total. The Hall–Kier alpha value is -3.06. The zero-order chi connectivity index (χ0) is 19.0. The van der Waals surface area contributed by atoms with E-state index in [4.69, 9.17) is 16.3 Å². The molecule has 2 heterocycles. The van der Waals surface area contributed by atoms with Crippen LogP contribution < -0.4 is 16.1 Å². The first-order valence-corrected chi connectivity index (χ1v) is 8.68. The molecule has 3 aromatic rings. The van der Waals surface area contributed by atoms with Gasteiger partial charge in [-0.1, -0.05) is 54.1 Å². The standard InChI is InChI=1S/C19H15ClFN3O3/c20-14-10-15(21)16(11-17(14)27-12-13-6-2-1-3-7-13)24-18(25)22-8-4-5-9-23(22)19(24)26/h1-7,10-11H,8-9,12H2. The predicted octanol–water partition coefficient (Wildman–Crippen LogP) is 2.74. The van der Waals surface area contributed by atoms with E-state index in [1.807, 2.05) is 30.3 Å². The van der Waals surface area contributed by atoms with Gasteiger partial charge in [0.05, 0.1) is 23.8 Å². The summed E-state index contributed by atoms with van der Waals surface area (Å²) in [7, 11) is 0. The summed E-state index contributed by atoms with van der Waals surface area (Å²) in [5.74, 6) is -0.585. The molecule has 6 nitrogen and oxygen atoms in total. The molecule has 27 heavy (non-hydrogen) atoms. The van der Waals surface area contributed by atoms with Crippen molar-refractivity contribution in [3.05, 3.63) is 92.0 Å². The third kappa shape index (κ3) is 3.10. The molecule has 4 rings (SSSR count). The highest BCUT2D eigenvalue weighted by Crippen LogP contribution is 2.29. The molecule has 8 heteroatoms. The van der Waals surface area contributed by atoms with Crippen molar-refractivity contribution in [3.63, 3.8) is 0 Å². The predicted molar refractivity (Wildman–Crippen MR) is 99.2 cm³/mol. The molecule has 2 aromatic carbocycles. The molecule has 138 valence electrons. The van der Waals surface area contributed by atoms with Crippen molar-refractivity contribution < 1.29 is 9.13 Å². The Morgan fingerprint density at radius 1 is 1.00 bits per heavy atom. The van der Waals surface area contributed by atoms with Gasteiger partial charge in [-0.15, -0.1) is 0 Å². The molecule has 0 amide bonds. The molecule has 0 saturated carbocycles. The fourth-order valence-corrected chi connectivity index (χ4v) is 3.17. The Morgan fingerprint density at radius 2 is 1.63 bits per heavy atom. The van der Waals surface area contributed by atoms with Crippen molar-refractivity contribution in [1.29, 1.82) is 0 Å². The number of halogens is 2.